The number of aromatic nitrogens is 1. The molecule has 0 bridgehead atoms. The van der Waals surface area contributed by atoms with Crippen molar-refractivity contribution in [1.29, 1.82) is 0 Å². The first kappa shape index (κ1) is 31.6. The van der Waals surface area contributed by atoms with Gasteiger partial charge in [0, 0.05) is 35.7 Å². The Kier molecular flexibility index (Phi) is 8.98. The number of hydrogen-bond donors (Lipinski definition) is 1. The van der Waals surface area contributed by atoms with E-state index in [4.69, 9.17) is 9.15 Å². The lowest BCUT2D eigenvalue weighted by Crippen LogP contribution is -2.49. The van der Waals surface area contributed by atoms with Crippen molar-refractivity contribution in [1.82, 2.24) is 20.1 Å². The Labute approximate surface area is 280 Å². The number of rotatable bonds is 5. The number of oxazole rings is 1. The van der Waals surface area contributed by atoms with E-state index in [2.05, 4.69) is 33.9 Å². The first-order valence-electron chi connectivity index (χ1n) is 16.9. The van der Waals surface area contributed by atoms with Crippen LogP contribution in [-0.2, 0) is 11.2 Å². The molecular formula is C39H40N4O5. The Morgan fingerprint density at radius 3 is 2.56 bits per heavy atom. The Morgan fingerprint density at radius 1 is 1.00 bits per heavy atom. The maximum absolute atomic E-state index is 14.3. The minimum Gasteiger partial charge on any atom is -0.492 e. The van der Waals surface area contributed by atoms with Crippen LogP contribution in [0.2, 0.25) is 0 Å². The monoisotopic (exact) mass is 644 g/mol. The molecular weight excluding hydrogens is 604 g/mol. The Hall–Kier alpha value is -4.98. The number of fused-ring (bicyclic) bond motifs is 8. The van der Waals surface area contributed by atoms with Crippen molar-refractivity contribution in [2.24, 2.45) is 11.8 Å². The van der Waals surface area contributed by atoms with E-state index in [0.717, 1.165) is 72.3 Å². The molecule has 1 aromatic heterocycles. The van der Waals surface area contributed by atoms with E-state index in [1.54, 1.807) is 12.1 Å². The van der Waals surface area contributed by atoms with Crippen LogP contribution >= 0.6 is 0 Å². The molecule has 8 rings (SSSR count). The van der Waals surface area contributed by atoms with Crippen molar-refractivity contribution in [3.63, 3.8) is 0 Å². The molecule has 0 spiro atoms. The summed E-state index contributed by atoms with van der Waals surface area (Å²) in [5.41, 5.74) is 10.9. The quantitative estimate of drug-likeness (QED) is 0.156. The average molecular weight is 645 g/mol. The van der Waals surface area contributed by atoms with E-state index in [-0.39, 0.29) is 35.6 Å². The molecule has 0 saturated heterocycles. The number of nitrogens with one attached hydrogen (secondary N) is 1. The number of para-hydroxylation sites is 2. The minimum absolute atomic E-state index is 0.0141. The normalized spacial score (nSPS) is 21.4. The third kappa shape index (κ3) is 5.84. The number of nitrogens with zero attached hydrogens (tertiary/aromatic N) is 3. The van der Waals surface area contributed by atoms with Gasteiger partial charge in [-0.15, -0.1) is 0 Å². The highest BCUT2D eigenvalue weighted by Gasteiger charge is 2.44. The van der Waals surface area contributed by atoms with Crippen LogP contribution in [0.3, 0.4) is 0 Å². The first-order chi connectivity index (χ1) is 23.5. The van der Waals surface area contributed by atoms with E-state index in [1.807, 2.05) is 60.5 Å². The Morgan fingerprint density at radius 2 is 1.77 bits per heavy atom. The Bertz CT molecular complexity index is 1910. The summed E-state index contributed by atoms with van der Waals surface area (Å²) in [6.45, 7) is 4.43. The summed E-state index contributed by atoms with van der Waals surface area (Å²) in [6.07, 6.45) is 5.50. The third-order valence-corrected chi connectivity index (χ3v) is 10.0. The van der Waals surface area contributed by atoms with Crippen molar-refractivity contribution in [3.05, 3.63) is 106 Å². The molecule has 4 heterocycles. The van der Waals surface area contributed by atoms with E-state index in [1.165, 1.54) is 5.56 Å². The lowest BCUT2D eigenvalue weighted by atomic mass is 9.74. The van der Waals surface area contributed by atoms with E-state index in [0.29, 0.717) is 37.1 Å². The SMILES string of the molecule is CNCCOc1cccc2c1C1CN3C(=O)c4ccccc4C3=C=C(C)C3CCCCC3C(=O)N1CC2.O=Cc1nc2ccccc2o1. The van der Waals surface area contributed by atoms with Gasteiger partial charge in [-0.1, -0.05) is 61.0 Å². The maximum atomic E-state index is 14.3. The van der Waals surface area contributed by atoms with Crippen molar-refractivity contribution in [2.75, 3.05) is 33.3 Å². The molecule has 4 aliphatic rings. The summed E-state index contributed by atoms with van der Waals surface area (Å²) >= 11 is 0. The van der Waals surface area contributed by atoms with Crippen LogP contribution in [0.4, 0.5) is 0 Å². The molecule has 3 aliphatic heterocycles. The fraction of sp³-hybridized carbons (Fsp3) is 0.359. The number of allylic oxidation sites excluding steroid dienone is 1. The smallest absolute Gasteiger partial charge is 0.260 e. The molecule has 4 aromatic rings. The van der Waals surface area contributed by atoms with Crippen LogP contribution in [0, 0.1) is 11.8 Å². The molecule has 1 saturated carbocycles. The molecule has 246 valence electrons. The molecule has 2 amide bonds. The lowest BCUT2D eigenvalue weighted by Gasteiger charge is -2.44. The van der Waals surface area contributed by atoms with Crippen LogP contribution in [-0.4, -0.2) is 66.2 Å². The maximum Gasteiger partial charge on any atom is 0.260 e. The van der Waals surface area contributed by atoms with E-state index < -0.39 is 0 Å². The number of amides is 2. The molecule has 3 aromatic carbocycles. The van der Waals surface area contributed by atoms with Crippen LogP contribution < -0.4 is 10.1 Å². The molecule has 1 N–H and O–H groups in total. The Balaban J connectivity index is 0.000000280. The van der Waals surface area contributed by atoms with Gasteiger partial charge in [-0.25, -0.2) is 4.98 Å². The second-order valence-corrected chi connectivity index (χ2v) is 12.8. The molecule has 48 heavy (non-hydrogen) atoms. The predicted octanol–water partition coefficient (Wildman–Crippen LogP) is 6.21. The number of benzene rings is 3. The number of carbonyl (C=O) groups is 3. The molecule has 1 fully saturated rings. The first-order valence-corrected chi connectivity index (χ1v) is 16.9. The van der Waals surface area contributed by atoms with Crippen molar-refractivity contribution in [3.8, 4) is 5.75 Å². The largest absolute Gasteiger partial charge is 0.492 e. The molecule has 3 atom stereocenters. The highest BCUT2D eigenvalue weighted by Crippen LogP contribution is 2.45. The summed E-state index contributed by atoms with van der Waals surface area (Å²) < 4.78 is 11.3. The molecule has 9 heteroatoms. The van der Waals surface area contributed by atoms with Gasteiger partial charge < -0.3 is 19.4 Å². The van der Waals surface area contributed by atoms with Gasteiger partial charge in [0.15, 0.2) is 5.58 Å². The van der Waals surface area contributed by atoms with Crippen LogP contribution in [0.15, 0.2) is 82.5 Å². The lowest BCUT2D eigenvalue weighted by molar-refractivity contribution is -0.141. The summed E-state index contributed by atoms with van der Waals surface area (Å²) in [4.78, 5) is 46.1. The summed E-state index contributed by atoms with van der Waals surface area (Å²) in [7, 11) is 1.91. The summed E-state index contributed by atoms with van der Waals surface area (Å²) in [5.74, 6) is 1.27. The minimum atomic E-state index is -0.266. The van der Waals surface area contributed by atoms with Gasteiger partial charge in [0.1, 0.15) is 17.9 Å². The van der Waals surface area contributed by atoms with E-state index >= 15 is 0 Å². The van der Waals surface area contributed by atoms with Gasteiger partial charge in [0.2, 0.25) is 12.2 Å². The second-order valence-electron chi connectivity index (χ2n) is 12.8. The van der Waals surface area contributed by atoms with E-state index in [9.17, 15) is 14.4 Å². The van der Waals surface area contributed by atoms with Crippen LogP contribution in [0.1, 0.15) is 76.4 Å². The van der Waals surface area contributed by atoms with Gasteiger partial charge in [-0.2, -0.15) is 0 Å². The van der Waals surface area contributed by atoms with Gasteiger partial charge in [-0.3, -0.25) is 19.3 Å². The standard InChI is InChI=1S/C31H35N3O3.C8H5NO2/c1-20-18-26-23-10-4-6-12-25(23)31(36)34(26)19-27-29-21(8-7-13-28(29)37-17-15-32-2)14-16-33(27)30(35)24-11-5-3-9-22(20)24;10-5-8-9-6-3-1-2-4-7(6)11-8/h4,6-8,10,12-13,22,24,27,32H,3,5,9,11,14-17,19H2,1-2H3;1-5H. The third-order valence-electron chi connectivity index (χ3n) is 10.0. The summed E-state index contributed by atoms with van der Waals surface area (Å²) in [5, 5.41) is 3.14. The number of carbonyl (C=O) groups excluding carboxylic acids is 3. The second kappa shape index (κ2) is 13.6. The zero-order valence-electron chi connectivity index (χ0n) is 27.4. The molecule has 3 unspecified atom stereocenters. The number of aldehydes is 1. The fourth-order valence-corrected chi connectivity index (χ4v) is 7.71. The number of hydrogen-bond acceptors (Lipinski definition) is 7. The van der Waals surface area contributed by atoms with Gasteiger partial charge >= 0.3 is 0 Å². The van der Waals surface area contributed by atoms with Gasteiger partial charge in [-0.05, 0) is 74.6 Å². The highest BCUT2D eigenvalue weighted by molar-refractivity contribution is 6.09. The van der Waals surface area contributed by atoms with Gasteiger partial charge in [0.25, 0.3) is 11.8 Å². The topological polar surface area (TPSA) is 105 Å². The zero-order chi connectivity index (χ0) is 33.2. The average Bonchev–Trinajstić information content (AvgIpc) is 3.66. The number of ether oxygens (including phenoxy) is 1. The van der Waals surface area contributed by atoms with Crippen molar-refractivity contribution < 1.29 is 23.5 Å². The van der Waals surface area contributed by atoms with Crippen LogP contribution in [0.25, 0.3) is 16.8 Å². The molecule has 1 aliphatic carbocycles. The fourth-order valence-electron chi connectivity index (χ4n) is 7.71. The van der Waals surface area contributed by atoms with Crippen molar-refractivity contribution >= 4 is 34.9 Å². The predicted molar refractivity (Wildman–Crippen MR) is 182 cm³/mol. The molecule has 9 nitrogen and oxygen atoms in total. The highest BCUT2D eigenvalue weighted by atomic mass is 16.5. The summed E-state index contributed by atoms with van der Waals surface area (Å²) in [6, 6.07) is 21.0. The number of likely N-dealkylation sites (N-methyl/N-ethyl adjacent to an activating group) is 1. The molecule has 0 radical (unpaired) electrons. The zero-order valence-corrected chi connectivity index (χ0v) is 27.4. The van der Waals surface area contributed by atoms with Crippen molar-refractivity contribution in [2.45, 2.75) is 45.1 Å². The van der Waals surface area contributed by atoms with Gasteiger partial charge in [0.05, 0.1) is 18.3 Å². The van der Waals surface area contributed by atoms with Crippen LogP contribution in [0.5, 0.6) is 5.75 Å².